The summed E-state index contributed by atoms with van der Waals surface area (Å²) in [5.74, 6) is 0.0826. The Balaban J connectivity index is 1.87. The average Bonchev–Trinajstić information content (AvgIpc) is 2.90. The van der Waals surface area contributed by atoms with E-state index in [1.165, 1.54) is 0 Å². The van der Waals surface area contributed by atoms with Crippen LogP contribution in [0.15, 0.2) is 29.6 Å². The number of carbonyl (C=O) groups excluding carboxylic acids is 1. The maximum absolute atomic E-state index is 12.6. The molecule has 4 nitrogen and oxygen atoms in total. The van der Waals surface area contributed by atoms with Crippen LogP contribution in [0.4, 0.5) is 0 Å². The number of benzene rings is 1. The number of hydrogen-bond donors (Lipinski definition) is 1. The van der Waals surface area contributed by atoms with Crippen molar-refractivity contribution < 1.29 is 9.53 Å². The second kappa shape index (κ2) is 5.28. The van der Waals surface area contributed by atoms with Crippen LogP contribution in [0, 0.1) is 0 Å². The molecule has 2 aromatic rings. The summed E-state index contributed by atoms with van der Waals surface area (Å²) in [5, 5.41) is 2.98. The Morgan fingerprint density at radius 1 is 1.47 bits per heavy atom. The maximum atomic E-state index is 12.6. The lowest BCUT2D eigenvalue weighted by Crippen LogP contribution is -2.48. The summed E-state index contributed by atoms with van der Waals surface area (Å²) < 4.78 is 6.64. The number of nitrogens with two attached hydrogens (primary N) is 1. The van der Waals surface area contributed by atoms with E-state index >= 15 is 0 Å². The van der Waals surface area contributed by atoms with E-state index in [9.17, 15) is 4.79 Å². The molecule has 1 saturated heterocycles. The fourth-order valence-electron chi connectivity index (χ4n) is 2.36. The minimum absolute atomic E-state index is 0.0393. The van der Waals surface area contributed by atoms with Crippen LogP contribution in [-0.4, -0.2) is 43.2 Å². The molecule has 1 unspecified atom stereocenters. The van der Waals surface area contributed by atoms with Gasteiger partial charge in [0.25, 0.3) is 5.91 Å². The van der Waals surface area contributed by atoms with E-state index in [4.69, 9.17) is 10.5 Å². The van der Waals surface area contributed by atoms with Crippen LogP contribution in [0.1, 0.15) is 10.4 Å². The van der Waals surface area contributed by atoms with Gasteiger partial charge in [-0.3, -0.25) is 4.79 Å². The minimum atomic E-state index is -0.0393. The lowest BCUT2D eigenvalue weighted by atomic mass is 10.1. The first-order valence-electron chi connectivity index (χ1n) is 6.37. The number of carbonyl (C=O) groups is 1. The third-order valence-corrected chi connectivity index (χ3v) is 4.36. The van der Waals surface area contributed by atoms with Crippen LogP contribution in [-0.2, 0) is 4.74 Å². The van der Waals surface area contributed by atoms with Crippen LogP contribution in [0.25, 0.3) is 10.1 Å². The zero-order valence-electron chi connectivity index (χ0n) is 10.5. The van der Waals surface area contributed by atoms with E-state index in [-0.39, 0.29) is 12.0 Å². The molecule has 1 fully saturated rings. The molecular weight excluding hydrogens is 260 g/mol. The third kappa shape index (κ3) is 2.36. The highest BCUT2D eigenvalue weighted by atomic mass is 32.1. The van der Waals surface area contributed by atoms with E-state index in [0.29, 0.717) is 26.2 Å². The van der Waals surface area contributed by atoms with Gasteiger partial charge in [-0.25, -0.2) is 0 Å². The molecule has 2 N–H and O–H groups in total. The Hall–Kier alpha value is -1.43. The van der Waals surface area contributed by atoms with Gasteiger partial charge in [0.2, 0.25) is 0 Å². The van der Waals surface area contributed by atoms with Crippen molar-refractivity contribution in [2.45, 2.75) is 6.10 Å². The van der Waals surface area contributed by atoms with Crippen LogP contribution in [0.5, 0.6) is 0 Å². The molecule has 1 amide bonds. The Kier molecular flexibility index (Phi) is 3.50. The quantitative estimate of drug-likeness (QED) is 0.908. The zero-order valence-corrected chi connectivity index (χ0v) is 11.4. The van der Waals surface area contributed by atoms with Gasteiger partial charge < -0.3 is 15.4 Å². The van der Waals surface area contributed by atoms with Crippen LogP contribution in [0.2, 0.25) is 0 Å². The second-order valence-corrected chi connectivity index (χ2v) is 5.54. The summed E-state index contributed by atoms with van der Waals surface area (Å²) in [7, 11) is 0. The average molecular weight is 276 g/mol. The molecule has 3 rings (SSSR count). The smallest absolute Gasteiger partial charge is 0.255 e. The lowest BCUT2D eigenvalue weighted by molar-refractivity contribution is -0.0166. The van der Waals surface area contributed by atoms with Crippen molar-refractivity contribution in [2.24, 2.45) is 5.73 Å². The summed E-state index contributed by atoms with van der Waals surface area (Å²) in [6.45, 7) is 2.24. The first kappa shape index (κ1) is 12.6. The standard InChI is InChI=1S/C14H16N2O2S/c15-7-10-8-16(5-6-18-10)14(17)12-9-19-13-4-2-1-3-11(12)13/h1-4,9-10H,5-8,15H2. The monoisotopic (exact) mass is 276 g/mol. The first-order valence-corrected chi connectivity index (χ1v) is 7.24. The van der Waals surface area contributed by atoms with Crippen molar-refractivity contribution >= 4 is 27.3 Å². The molecule has 0 saturated carbocycles. The van der Waals surface area contributed by atoms with Crippen LogP contribution >= 0.6 is 11.3 Å². The molecule has 0 aliphatic carbocycles. The number of amides is 1. The molecule has 2 heterocycles. The summed E-state index contributed by atoms with van der Waals surface area (Å²) in [5.41, 5.74) is 6.40. The predicted molar refractivity (Wildman–Crippen MR) is 76.5 cm³/mol. The maximum Gasteiger partial charge on any atom is 0.255 e. The van der Waals surface area contributed by atoms with Gasteiger partial charge in [0, 0.05) is 35.1 Å². The molecule has 1 aliphatic rings. The topological polar surface area (TPSA) is 55.6 Å². The fraction of sp³-hybridized carbons (Fsp3) is 0.357. The van der Waals surface area contributed by atoms with Gasteiger partial charge in [-0.15, -0.1) is 11.3 Å². The van der Waals surface area contributed by atoms with Gasteiger partial charge in [-0.2, -0.15) is 0 Å². The summed E-state index contributed by atoms with van der Waals surface area (Å²) in [6, 6.07) is 8.00. The van der Waals surface area contributed by atoms with Crippen molar-refractivity contribution in [1.29, 1.82) is 0 Å². The molecule has 19 heavy (non-hydrogen) atoms. The number of hydrogen-bond acceptors (Lipinski definition) is 4. The predicted octanol–water partition coefficient (Wildman–Crippen LogP) is 1.70. The van der Waals surface area contributed by atoms with Gasteiger partial charge in [-0.05, 0) is 6.07 Å². The molecule has 1 aliphatic heterocycles. The molecule has 1 atom stereocenters. The Morgan fingerprint density at radius 3 is 3.16 bits per heavy atom. The van der Waals surface area contributed by atoms with E-state index in [2.05, 4.69) is 0 Å². The number of thiophene rings is 1. The fourth-order valence-corrected chi connectivity index (χ4v) is 3.29. The normalized spacial score (nSPS) is 19.8. The highest BCUT2D eigenvalue weighted by molar-refractivity contribution is 7.17. The second-order valence-electron chi connectivity index (χ2n) is 4.63. The van der Waals surface area contributed by atoms with E-state index in [1.807, 2.05) is 34.5 Å². The first-order chi connectivity index (χ1) is 9.29. The Labute approximate surface area is 115 Å². The number of fused-ring (bicyclic) bond motifs is 1. The van der Waals surface area contributed by atoms with Crippen molar-refractivity contribution in [3.05, 3.63) is 35.2 Å². The number of morpholine rings is 1. The molecule has 1 aromatic carbocycles. The van der Waals surface area contributed by atoms with Gasteiger partial charge in [0.1, 0.15) is 0 Å². The van der Waals surface area contributed by atoms with Gasteiger partial charge in [-0.1, -0.05) is 18.2 Å². The van der Waals surface area contributed by atoms with E-state index in [1.54, 1.807) is 11.3 Å². The van der Waals surface area contributed by atoms with Crippen molar-refractivity contribution in [3.8, 4) is 0 Å². The van der Waals surface area contributed by atoms with Crippen molar-refractivity contribution in [1.82, 2.24) is 4.90 Å². The number of ether oxygens (including phenoxy) is 1. The highest BCUT2D eigenvalue weighted by Crippen LogP contribution is 2.27. The molecule has 0 spiro atoms. The molecule has 0 bridgehead atoms. The Morgan fingerprint density at radius 2 is 2.32 bits per heavy atom. The lowest BCUT2D eigenvalue weighted by Gasteiger charge is -2.32. The van der Waals surface area contributed by atoms with Crippen molar-refractivity contribution in [3.63, 3.8) is 0 Å². The van der Waals surface area contributed by atoms with E-state index < -0.39 is 0 Å². The summed E-state index contributed by atoms with van der Waals surface area (Å²) >= 11 is 1.61. The van der Waals surface area contributed by atoms with Crippen LogP contribution < -0.4 is 5.73 Å². The van der Waals surface area contributed by atoms with E-state index in [0.717, 1.165) is 15.6 Å². The molecule has 100 valence electrons. The number of rotatable bonds is 2. The number of nitrogens with zero attached hydrogens (tertiary/aromatic N) is 1. The minimum Gasteiger partial charge on any atom is -0.373 e. The van der Waals surface area contributed by atoms with Gasteiger partial charge in [0.05, 0.1) is 18.3 Å². The summed E-state index contributed by atoms with van der Waals surface area (Å²) in [6.07, 6.45) is -0.0393. The summed E-state index contributed by atoms with van der Waals surface area (Å²) in [4.78, 5) is 14.4. The third-order valence-electron chi connectivity index (χ3n) is 3.40. The van der Waals surface area contributed by atoms with Crippen LogP contribution in [0.3, 0.4) is 0 Å². The SMILES string of the molecule is NCC1CN(C(=O)c2csc3ccccc23)CCO1. The van der Waals surface area contributed by atoms with Crippen molar-refractivity contribution in [2.75, 3.05) is 26.2 Å². The zero-order chi connectivity index (χ0) is 13.2. The Bertz CT molecular complexity index is 596. The highest BCUT2D eigenvalue weighted by Gasteiger charge is 2.25. The molecule has 0 radical (unpaired) electrons. The van der Waals surface area contributed by atoms with Gasteiger partial charge in [0.15, 0.2) is 0 Å². The van der Waals surface area contributed by atoms with Gasteiger partial charge >= 0.3 is 0 Å². The largest absolute Gasteiger partial charge is 0.373 e. The molecular formula is C14H16N2O2S. The molecule has 5 heteroatoms. The molecule has 1 aromatic heterocycles.